The number of hydrogen-bond acceptors (Lipinski definition) is 2. The number of carbonyl (C=O) groups is 1. The van der Waals surface area contributed by atoms with Gasteiger partial charge in [-0.05, 0) is 25.5 Å². The van der Waals surface area contributed by atoms with Crippen molar-refractivity contribution in [3.63, 3.8) is 0 Å². The molecule has 1 aromatic heterocycles. The molecule has 0 spiro atoms. The number of fused-ring (bicyclic) bond motifs is 1. The molecular weight excluding hydrogens is 322 g/mol. The number of hydrazone groups is 1. The van der Waals surface area contributed by atoms with Crippen LogP contribution in [0.5, 0.6) is 0 Å². The van der Waals surface area contributed by atoms with Crippen molar-refractivity contribution in [2.24, 2.45) is 5.10 Å². The van der Waals surface area contributed by atoms with Crippen molar-refractivity contribution >= 4 is 23.0 Å². The third-order valence-electron chi connectivity index (χ3n) is 4.46. The van der Waals surface area contributed by atoms with Gasteiger partial charge in [-0.3, -0.25) is 4.79 Å². The molecule has 132 valence electrons. The molecule has 0 saturated heterocycles. The first-order valence-electron chi connectivity index (χ1n) is 8.66. The zero-order valence-corrected chi connectivity index (χ0v) is 15.2. The van der Waals surface area contributed by atoms with Crippen LogP contribution >= 0.6 is 0 Å². The molecule has 0 aliphatic rings. The number of carbonyl (C=O) groups excluding carboxylic acids is 1. The number of aromatic nitrogens is 1. The smallest absolute Gasteiger partial charge is 0.244 e. The summed E-state index contributed by atoms with van der Waals surface area (Å²) in [6.45, 7) is 8.65. The Labute approximate surface area is 153 Å². The lowest BCUT2D eigenvalue weighted by molar-refractivity contribution is -0.120. The molecule has 0 saturated carbocycles. The Morgan fingerprint density at radius 1 is 1.15 bits per heavy atom. The minimum atomic E-state index is -0.127. The van der Waals surface area contributed by atoms with Gasteiger partial charge in [0.15, 0.2) is 0 Å². The van der Waals surface area contributed by atoms with Crippen LogP contribution < -0.4 is 5.43 Å². The van der Waals surface area contributed by atoms with Crippen LogP contribution in [0.2, 0.25) is 0 Å². The summed E-state index contributed by atoms with van der Waals surface area (Å²) in [6, 6.07) is 16.1. The molecule has 0 bridgehead atoms. The fraction of sp³-hybridized carbons (Fsp3) is 0.182. The van der Waals surface area contributed by atoms with Gasteiger partial charge in [0.25, 0.3) is 0 Å². The van der Waals surface area contributed by atoms with E-state index in [1.165, 1.54) is 5.56 Å². The van der Waals surface area contributed by atoms with Crippen LogP contribution in [-0.2, 0) is 17.8 Å². The topological polar surface area (TPSA) is 46.4 Å². The number of nitrogens with one attached hydrogen (secondary N) is 1. The predicted octanol–water partition coefficient (Wildman–Crippen LogP) is 4.14. The fourth-order valence-corrected chi connectivity index (χ4v) is 3.08. The number of rotatable bonds is 6. The lowest BCUT2D eigenvalue weighted by Gasteiger charge is -2.04. The first-order chi connectivity index (χ1) is 12.6. The van der Waals surface area contributed by atoms with Gasteiger partial charge < -0.3 is 4.57 Å². The zero-order chi connectivity index (χ0) is 18.5. The van der Waals surface area contributed by atoms with Gasteiger partial charge >= 0.3 is 0 Å². The molecule has 3 aromatic rings. The minimum Gasteiger partial charge on any atom is -0.340 e. The molecule has 26 heavy (non-hydrogen) atoms. The molecule has 0 aliphatic heterocycles. The molecule has 4 nitrogen and oxygen atoms in total. The number of hydrogen-bond donors (Lipinski definition) is 1. The lowest BCUT2D eigenvalue weighted by atomic mass is 10.1. The van der Waals surface area contributed by atoms with Crippen molar-refractivity contribution in [2.45, 2.75) is 26.8 Å². The van der Waals surface area contributed by atoms with Gasteiger partial charge in [0.05, 0.1) is 12.6 Å². The highest BCUT2D eigenvalue weighted by Gasteiger charge is 2.11. The Hall–Kier alpha value is -3.14. The molecule has 0 aliphatic carbocycles. The molecule has 1 N–H and O–H groups in total. The monoisotopic (exact) mass is 345 g/mol. The van der Waals surface area contributed by atoms with E-state index < -0.39 is 0 Å². The number of aryl methyl sites for hydroxylation is 1. The first-order valence-corrected chi connectivity index (χ1v) is 8.66. The SMILES string of the molecule is C=CCn1c(C)c(/C=N\NC(=O)Cc2ccc(C)cc2)c2ccccc21. The molecule has 0 radical (unpaired) electrons. The van der Waals surface area contributed by atoms with E-state index in [0.717, 1.165) is 34.3 Å². The number of amides is 1. The Morgan fingerprint density at radius 3 is 2.62 bits per heavy atom. The van der Waals surface area contributed by atoms with Gasteiger partial charge in [-0.25, -0.2) is 5.43 Å². The fourth-order valence-electron chi connectivity index (χ4n) is 3.08. The number of para-hydroxylation sites is 1. The van der Waals surface area contributed by atoms with E-state index in [4.69, 9.17) is 0 Å². The molecule has 0 atom stereocenters. The molecule has 1 heterocycles. The van der Waals surface area contributed by atoms with Crippen LogP contribution in [0.1, 0.15) is 22.4 Å². The van der Waals surface area contributed by atoms with E-state index in [-0.39, 0.29) is 5.91 Å². The highest BCUT2D eigenvalue weighted by molar-refractivity contribution is 6.01. The molecule has 3 rings (SSSR count). The molecule has 4 heteroatoms. The summed E-state index contributed by atoms with van der Waals surface area (Å²) in [6.07, 6.45) is 3.92. The zero-order valence-electron chi connectivity index (χ0n) is 15.2. The van der Waals surface area contributed by atoms with Crippen LogP contribution in [0.25, 0.3) is 10.9 Å². The second-order valence-corrected chi connectivity index (χ2v) is 6.37. The number of allylic oxidation sites excluding steroid dienone is 1. The summed E-state index contributed by atoms with van der Waals surface area (Å²) in [5.74, 6) is -0.127. The second kappa shape index (κ2) is 7.83. The third-order valence-corrected chi connectivity index (χ3v) is 4.46. The van der Waals surface area contributed by atoms with E-state index in [0.29, 0.717) is 6.42 Å². The summed E-state index contributed by atoms with van der Waals surface area (Å²) in [4.78, 5) is 12.1. The van der Waals surface area contributed by atoms with Gasteiger partial charge in [-0.2, -0.15) is 5.10 Å². The molecule has 1 amide bonds. The number of nitrogens with zero attached hydrogens (tertiary/aromatic N) is 2. The maximum atomic E-state index is 12.1. The maximum absolute atomic E-state index is 12.1. The highest BCUT2D eigenvalue weighted by atomic mass is 16.2. The van der Waals surface area contributed by atoms with E-state index in [1.54, 1.807) is 6.21 Å². The first kappa shape index (κ1) is 17.7. The van der Waals surface area contributed by atoms with E-state index in [9.17, 15) is 4.79 Å². The van der Waals surface area contributed by atoms with Crippen LogP contribution in [0.4, 0.5) is 0 Å². The highest BCUT2D eigenvalue weighted by Crippen LogP contribution is 2.24. The summed E-state index contributed by atoms with van der Waals surface area (Å²) in [5, 5.41) is 5.29. The Morgan fingerprint density at radius 2 is 1.88 bits per heavy atom. The van der Waals surface area contributed by atoms with Crippen LogP contribution in [0, 0.1) is 13.8 Å². The maximum Gasteiger partial charge on any atom is 0.244 e. The quantitative estimate of drug-likeness (QED) is 0.407. The lowest BCUT2D eigenvalue weighted by Crippen LogP contribution is -2.19. The third kappa shape index (κ3) is 3.75. The van der Waals surface area contributed by atoms with Gasteiger partial charge in [-0.1, -0.05) is 54.1 Å². The summed E-state index contributed by atoms with van der Waals surface area (Å²) < 4.78 is 2.19. The molecule has 0 unspecified atom stereocenters. The van der Waals surface area contributed by atoms with Crippen molar-refractivity contribution in [2.75, 3.05) is 0 Å². The minimum absolute atomic E-state index is 0.127. The molecule has 0 fully saturated rings. The largest absolute Gasteiger partial charge is 0.340 e. The van der Waals surface area contributed by atoms with Gasteiger partial charge in [-0.15, -0.1) is 6.58 Å². The summed E-state index contributed by atoms with van der Waals surface area (Å²) >= 11 is 0. The molecule has 2 aromatic carbocycles. The van der Waals surface area contributed by atoms with Gasteiger partial charge in [0.1, 0.15) is 0 Å². The van der Waals surface area contributed by atoms with E-state index >= 15 is 0 Å². The van der Waals surface area contributed by atoms with Crippen molar-refractivity contribution in [3.8, 4) is 0 Å². The van der Waals surface area contributed by atoms with E-state index in [2.05, 4.69) is 40.7 Å². The normalized spacial score (nSPS) is 11.2. The van der Waals surface area contributed by atoms with Gasteiger partial charge in [0.2, 0.25) is 5.91 Å². The van der Waals surface area contributed by atoms with Crippen molar-refractivity contribution in [1.82, 2.24) is 9.99 Å². The summed E-state index contributed by atoms with van der Waals surface area (Å²) in [7, 11) is 0. The van der Waals surface area contributed by atoms with Crippen molar-refractivity contribution in [3.05, 3.63) is 83.6 Å². The van der Waals surface area contributed by atoms with Gasteiger partial charge in [0, 0.05) is 28.7 Å². The van der Waals surface area contributed by atoms with Crippen molar-refractivity contribution in [1.29, 1.82) is 0 Å². The Kier molecular flexibility index (Phi) is 5.32. The van der Waals surface area contributed by atoms with Crippen LogP contribution in [0.15, 0.2) is 66.3 Å². The average Bonchev–Trinajstić information content (AvgIpc) is 2.90. The predicted molar refractivity (Wildman–Crippen MR) is 107 cm³/mol. The van der Waals surface area contributed by atoms with Crippen LogP contribution in [0.3, 0.4) is 0 Å². The Bertz CT molecular complexity index is 965. The summed E-state index contributed by atoms with van der Waals surface area (Å²) in [5.41, 5.74) is 8.03. The number of benzene rings is 2. The standard InChI is InChI=1S/C22H23N3O/c1-4-13-25-17(3)20(19-7-5-6-8-21(19)25)15-23-24-22(26)14-18-11-9-16(2)10-12-18/h4-12,15H,1,13-14H2,2-3H3,(H,24,26)/b23-15-. The molecular formula is C22H23N3O. The van der Waals surface area contributed by atoms with Crippen LogP contribution in [-0.4, -0.2) is 16.7 Å². The second-order valence-electron chi connectivity index (χ2n) is 6.37. The average molecular weight is 345 g/mol. The Balaban J connectivity index is 1.76. The van der Waals surface area contributed by atoms with Crippen molar-refractivity contribution < 1.29 is 4.79 Å². The van der Waals surface area contributed by atoms with E-state index in [1.807, 2.05) is 49.4 Å².